The number of hydrogen-bond donors (Lipinski definition) is 1. The van der Waals surface area contributed by atoms with Crippen LogP contribution in [0.4, 0.5) is 8.78 Å². The molecule has 0 aromatic carbocycles. The maximum Gasteiger partial charge on any atom is 0.316 e. The van der Waals surface area contributed by atoms with Crippen molar-refractivity contribution >= 4 is 17.7 Å². The van der Waals surface area contributed by atoms with Crippen LogP contribution in [0.2, 0.25) is 0 Å². The van der Waals surface area contributed by atoms with Crippen LogP contribution in [0.5, 0.6) is 0 Å². The fraction of sp³-hybridized carbons (Fsp3) is 0.917. The molecule has 2 nitrogen and oxygen atoms in total. The van der Waals surface area contributed by atoms with Crippen LogP contribution in [0, 0.1) is 0 Å². The van der Waals surface area contributed by atoms with Gasteiger partial charge in [-0.05, 0) is 6.42 Å². The monoisotopic (exact) mass is 268 g/mol. The molecule has 0 amide bonds. The SMILES string of the molecule is CCCCCCCCCC(SC(F)F)C(=O)O. The van der Waals surface area contributed by atoms with Crippen LogP contribution in [-0.4, -0.2) is 22.1 Å². The molecule has 0 aliphatic carbocycles. The molecule has 1 unspecified atom stereocenters. The van der Waals surface area contributed by atoms with Crippen LogP contribution in [0.3, 0.4) is 0 Å². The van der Waals surface area contributed by atoms with Gasteiger partial charge in [-0.15, -0.1) is 0 Å². The summed E-state index contributed by atoms with van der Waals surface area (Å²) in [5.74, 6) is -3.72. The van der Waals surface area contributed by atoms with Gasteiger partial charge in [0.25, 0.3) is 5.76 Å². The van der Waals surface area contributed by atoms with Gasteiger partial charge in [0.1, 0.15) is 5.25 Å². The maximum absolute atomic E-state index is 12.1. The van der Waals surface area contributed by atoms with E-state index in [1.165, 1.54) is 19.3 Å². The maximum atomic E-state index is 12.1. The van der Waals surface area contributed by atoms with Crippen LogP contribution in [0.1, 0.15) is 58.3 Å². The zero-order valence-corrected chi connectivity index (χ0v) is 11.1. The van der Waals surface area contributed by atoms with E-state index in [1.54, 1.807) is 0 Å². The number of halogens is 2. The number of carboxylic acid groups (broad SMARTS) is 1. The van der Waals surface area contributed by atoms with Crippen molar-refractivity contribution in [3.05, 3.63) is 0 Å². The Morgan fingerprint density at radius 3 is 2.12 bits per heavy atom. The van der Waals surface area contributed by atoms with Crippen LogP contribution < -0.4 is 0 Å². The van der Waals surface area contributed by atoms with E-state index >= 15 is 0 Å². The Hall–Kier alpha value is -0.320. The molecule has 1 atom stereocenters. The number of aliphatic carboxylic acids is 1. The molecule has 102 valence electrons. The molecule has 0 rings (SSSR count). The third-order valence-corrected chi connectivity index (χ3v) is 3.58. The molecule has 1 N–H and O–H groups in total. The quantitative estimate of drug-likeness (QED) is 0.559. The Labute approximate surface area is 106 Å². The second-order valence-electron chi connectivity index (χ2n) is 4.13. The first-order valence-corrected chi connectivity index (χ1v) is 7.18. The van der Waals surface area contributed by atoms with Crippen molar-refractivity contribution in [1.82, 2.24) is 0 Å². The van der Waals surface area contributed by atoms with Crippen LogP contribution in [0.15, 0.2) is 0 Å². The van der Waals surface area contributed by atoms with Crippen LogP contribution in [-0.2, 0) is 4.79 Å². The molecule has 0 aromatic rings. The lowest BCUT2D eigenvalue weighted by Gasteiger charge is -2.10. The number of thioether (sulfide) groups is 1. The minimum absolute atomic E-state index is 0.247. The van der Waals surface area contributed by atoms with Gasteiger partial charge in [0.05, 0.1) is 0 Å². The van der Waals surface area contributed by atoms with Gasteiger partial charge in [0.2, 0.25) is 0 Å². The van der Waals surface area contributed by atoms with Crippen molar-refractivity contribution in [2.75, 3.05) is 0 Å². The number of carboxylic acids is 1. The Balaban J connectivity index is 3.51. The first-order chi connectivity index (χ1) is 8.07. The fourth-order valence-electron chi connectivity index (χ4n) is 1.66. The first kappa shape index (κ1) is 16.7. The Morgan fingerprint density at radius 2 is 1.65 bits per heavy atom. The van der Waals surface area contributed by atoms with Gasteiger partial charge in [-0.2, -0.15) is 8.78 Å². The van der Waals surface area contributed by atoms with Gasteiger partial charge in [0.15, 0.2) is 0 Å². The minimum Gasteiger partial charge on any atom is -0.480 e. The van der Waals surface area contributed by atoms with Crippen molar-refractivity contribution in [2.24, 2.45) is 0 Å². The van der Waals surface area contributed by atoms with E-state index in [2.05, 4.69) is 6.92 Å². The Morgan fingerprint density at radius 1 is 1.12 bits per heavy atom. The highest BCUT2D eigenvalue weighted by Crippen LogP contribution is 2.25. The summed E-state index contributed by atoms with van der Waals surface area (Å²) in [5.41, 5.74) is 0. The van der Waals surface area contributed by atoms with Crippen molar-refractivity contribution in [1.29, 1.82) is 0 Å². The highest BCUT2D eigenvalue weighted by Gasteiger charge is 2.22. The second-order valence-corrected chi connectivity index (χ2v) is 5.33. The molecule has 0 spiro atoms. The van der Waals surface area contributed by atoms with E-state index in [0.717, 1.165) is 25.7 Å². The summed E-state index contributed by atoms with van der Waals surface area (Å²) < 4.78 is 24.1. The zero-order valence-electron chi connectivity index (χ0n) is 10.3. The second kappa shape index (κ2) is 10.8. The van der Waals surface area contributed by atoms with Crippen LogP contribution in [0.25, 0.3) is 0 Å². The lowest BCUT2D eigenvalue weighted by Crippen LogP contribution is -2.17. The summed E-state index contributed by atoms with van der Waals surface area (Å²) in [4.78, 5) is 10.7. The number of rotatable bonds is 11. The van der Waals surface area contributed by atoms with E-state index in [0.29, 0.717) is 6.42 Å². The summed E-state index contributed by atoms with van der Waals surface area (Å²) in [5, 5.41) is 7.79. The average Bonchev–Trinajstić information content (AvgIpc) is 2.25. The van der Waals surface area contributed by atoms with Crippen molar-refractivity contribution in [3.63, 3.8) is 0 Å². The van der Waals surface area contributed by atoms with Gasteiger partial charge in [-0.25, -0.2) is 0 Å². The smallest absolute Gasteiger partial charge is 0.316 e. The molecule has 17 heavy (non-hydrogen) atoms. The molecule has 5 heteroatoms. The van der Waals surface area contributed by atoms with Gasteiger partial charge in [-0.3, -0.25) is 4.79 Å². The summed E-state index contributed by atoms with van der Waals surface area (Å²) in [6.07, 6.45) is 7.90. The number of unbranched alkanes of at least 4 members (excludes halogenated alkanes) is 6. The predicted molar refractivity (Wildman–Crippen MR) is 67.6 cm³/mol. The van der Waals surface area contributed by atoms with Crippen molar-refractivity contribution in [3.8, 4) is 0 Å². The molecule has 0 heterocycles. The number of carbonyl (C=O) groups is 1. The molecule has 0 fully saturated rings. The summed E-state index contributed by atoms with van der Waals surface area (Å²) in [6, 6.07) is 0. The Bertz CT molecular complexity index is 201. The number of alkyl halides is 2. The first-order valence-electron chi connectivity index (χ1n) is 6.24. The van der Waals surface area contributed by atoms with Gasteiger partial charge in [0, 0.05) is 0 Å². The molecule has 0 aliphatic rings. The summed E-state index contributed by atoms with van der Waals surface area (Å²) in [7, 11) is 0. The van der Waals surface area contributed by atoms with Crippen molar-refractivity contribution < 1.29 is 18.7 Å². The van der Waals surface area contributed by atoms with E-state index in [1.807, 2.05) is 0 Å². The van der Waals surface area contributed by atoms with Gasteiger partial charge in [-0.1, -0.05) is 63.6 Å². The standard InChI is InChI=1S/C12H22F2O2S/c1-2-3-4-5-6-7-8-9-10(11(15)16)17-12(13)14/h10,12H,2-9H2,1H3,(H,15,16). The van der Waals surface area contributed by atoms with E-state index < -0.39 is 17.0 Å². The highest BCUT2D eigenvalue weighted by molar-refractivity contribution is 8.00. The third kappa shape index (κ3) is 10.5. The molecular weight excluding hydrogens is 246 g/mol. The topological polar surface area (TPSA) is 37.3 Å². The highest BCUT2D eigenvalue weighted by atomic mass is 32.2. The van der Waals surface area contributed by atoms with Gasteiger partial charge < -0.3 is 5.11 Å². The van der Waals surface area contributed by atoms with Crippen LogP contribution >= 0.6 is 11.8 Å². The van der Waals surface area contributed by atoms with E-state index in [-0.39, 0.29) is 11.8 Å². The van der Waals surface area contributed by atoms with Gasteiger partial charge >= 0.3 is 5.97 Å². The van der Waals surface area contributed by atoms with E-state index in [4.69, 9.17) is 5.11 Å². The van der Waals surface area contributed by atoms with E-state index in [9.17, 15) is 13.6 Å². The lowest BCUT2D eigenvalue weighted by molar-refractivity contribution is -0.136. The lowest BCUT2D eigenvalue weighted by atomic mass is 10.1. The predicted octanol–water partition coefficient (Wildman–Crippen LogP) is 4.54. The molecular formula is C12H22F2O2S. The zero-order chi connectivity index (χ0) is 13.1. The summed E-state index contributed by atoms with van der Waals surface area (Å²) in [6.45, 7) is 2.15. The normalized spacial score (nSPS) is 12.9. The Kier molecular flexibility index (Phi) is 10.6. The molecule has 0 radical (unpaired) electrons. The molecule has 0 bridgehead atoms. The molecule has 0 aliphatic heterocycles. The molecule has 0 saturated heterocycles. The molecule has 0 saturated carbocycles. The third-order valence-electron chi connectivity index (χ3n) is 2.61. The molecule has 0 aromatic heterocycles. The fourth-order valence-corrected chi connectivity index (χ4v) is 2.33. The minimum atomic E-state index is -2.60. The largest absolute Gasteiger partial charge is 0.480 e. The van der Waals surface area contributed by atoms with Crippen molar-refractivity contribution in [2.45, 2.75) is 69.3 Å². The average molecular weight is 268 g/mol. The number of hydrogen-bond acceptors (Lipinski definition) is 2. The summed E-state index contributed by atoms with van der Waals surface area (Å²) >= 11 is 0.247.